The van der Waals surface area contributed by atoms with E-state index in [0.29, 0.717) is 29.4 Å². The summed E-state index contributed by atoms with van der Waals surface area (Å²) >= 11 is 0. The number of fused-ring (bicyclic) bond motifs is 1. The molecule has 4 rings (SSSR count). The second kappa shape index (κ2) is 6.56. The van der Waals surface area contributed by atoms with Gasteiger partial charge in [-0.05, 0) is 43.7 Å². The van der Waals surface area contributed by atoms with E-state index < -0.39 is 0 Å². The van der Waals surface area contributed by atoms with Crippen LogP contribution in [-0.4, -0.2) is 5.78 Å². The predicted molar refractivity (Wildman–Crippen MR) is 98.3 cm³/mol. The first kappa shape index (κ1) is 16.2. The Labute approximate surface area is 151 Å². The summed E-state index contributed by atoms with van der Waals surface area (Å²) in [4.78, 5) is 12.6. The van der Waals surface area contributed by atoms with Crippen molar-refractivity contribution in [3.8, 4) is 11.5 Å². The van der Waals surface area contributed by atoms with E-state index in [-0.39, 0.29) is 11.5 Å². The highest BCUT2D eigenvalue weighted by molar-refractivity contribution is 6.14. The molecule has 0 unspecified atom stereocenters. The van der Waals surface area contributed by atoms with Gasteiger partial charge in [-0.3, -0.25) is 4.79 Å². The summed E-state index contributed by atoms with van der Waals surface area (Å²) in [5.74, 6) is 2.75. The maximum absolute atomic E-state index is 12.6. The van der Waals surface area contributed by atoms with E-state index in [2.05, 4.69) is 0 Å². The Morgan fingerprint density at radius 3 is 2.54 bits per heavy atom. The van der Waals surface area contributed by atoms with Crippen molar-refractivity contribution >= 4 is 11.9 Å². The van der Waals surface area contributed by atoms with Crippen LogP contribution in [0.15, 0.2) is 64.8 Å². The second-order valence-corrected chi connectivity index (χ2v) is 6.23. The van der Waals surface area contributed by atoms with Gasteiger partial charge < -0.3 is 13.9 Å². The molecule has 0 atom stereocenters. The molecule has 0 spiro atoms. The van der Waals surface area contributed by atoms with Crippen molar-refractivity contribution in [2.75, 3.05) is 0 Å². The van der Waals surface area contributed by atoms with Crippen LogP contribution in [0.4, 0.5) is 0 Å². The minimum atomic E-state index is -0.147. The predicted octanol–water partition coefficient (Wildman–Crippen LogP) is 5.09. The first-order chi connectivity index (χ1) is 12.6. The van der Waals surface area contributed by atoms with Crippen molar-refractivity contribution in [2.45, 2.75) is 20.5 Å². The van der Waals surface area contributed by atoms with Crippen LogP contribution in [0.2, 0.25) is 0 Å². The van der Waals surface area contributed by atoms with Crippen molar-refractivity contribution in [2.24, 2.45) is 0 Å². The zero-order chi connectivity index (χ0) is 18.1. The van der Waals surface area contributed by atoms with Gasteiger partial charge in [-0.1, -0.05) is 30.3 Å². The topological polar surface area (TPSA) is 48.7 Å². The van der Waals surface area contributed by atoms with Gasteiger partial charge in [0.2, 0.25) is 5.78 Å². The highest BCUT2D eigenvalue weighted by Crippen LogP contribution is 2.39. The fraction of sp³-hybridized carbons (Fsp3) is 0.136. The molecule has 0 saturated carbocycles. The number of aryl methyl sites for hydroxylation is 1. The van der Waals surface area contributed by atoms with Crippen molar-refractivity contribution in [3.63, 3.8) is 0 Å². The van der Waals surface area contributed by atoms with Crippen molar-refractivity contribution < 1.29 is 18.7 Å². The Morgan fingerprint density at radius 2 is 1.81 bits per heavy atom. The van der Waals surface area contributed by atoms with Gasteiger partial charge in [-0.25, -0.2) is 0 Å². The zero-order valence-corrected chi connectivity index (χ0v) is 14.6. The average molecular weight is 346 g/mol. The van der Waals surface area contributed by atoms with Crippen LogP contribution in [0.3, 0.4) is 0 Å². The van der Waals surface area contributed by atoms with Crippen molar-refractivity contribution in [1.82, 2.24) is 0 Å². The molecular formula is C22H18O4. The number of ketones is 1. The fourth-order valence-electron chi connectivity index (χ4n) is 2.92. The molecule has 0 amide bonds. The summed E-state index contributed by atoms with van der Waals surface area (Å²) in [6, 6.07) is 17.2. The minimum absolute atomic E-state index is 0.147. The van der Waals surface area contributed by atoms with Gasteiger partial charge in [0.15, 0.2) is 5.76 Å². The molecule has 3 aromatic rings. The first-order valence-electron chi connectivity index (χ1n) is 8.43. The third kappa shape index (κ3) is 3.02. The number of allylic oxidation sites excluding steroid dienone is 1. The van der Waals surface area contributed by atoms with Crippen molar-refractivity contribution in [1.29, 1.82) is 0 Å². The lowest BCUT2D eigenvalue weighted by Crippen LogP contribution is -1.98. The van der Waals surface area contributed by atoms with Gasteiger partial charge >= 0.3 is 0 Å². The number of ether oxygens (including phenoxy) is 2. The van der Waals surface area contributed by atoms with E-state index in [1.54, 1.807) is 12.1 Å². The van der Waals surface area contributed by atoms with Crippen LogP contribution in [0.25, 0.3) is 6.08 Å². The molecule has 1 aromatic heterocycles. The zero-order valence-electron chi connectivity index (χ0n) is 14.6. The number of hydrogen-bond donors (Lipinski definition) is 0. The van der Waals surface area contributed by atoms with Gasteiger partial charge in [-0.2, -0.15) is 0 Å². The van der Waals surface area contributed by atoms with Gasteiger partial charge in [0.05, 0.1) is 5.56 Å². The highest BCUT2D eigenvalue weighted by Gasteiger charge is 2.30. The normalized spacial score (nSPS) is 14.4. The molecule has 4 heteroatoms. The number of hydrogen-bond acceptors (Lipinski definition) is 4. The van der Waals surface area contributed by atoms with E-state index >= 15 is 0 Å². The lowest BCUT2D eigenvalue weighted by atomic mass is 10.1. The molecule has 2 heterocycles. The molecule has 26 heavy (non-hydrogen) atoms. The number of carbonyl (C=O) groups excluding carboxylic acids is 1. The Bertz CT molecular complexity index is 996. The Balaban J connectivity index is 1.58. The molecule has 2 aromatic carbocycles. The SMILES string of the molecule is Cc1ccc(/C=C2\Oc3c(ccc(OCc4ccccc4)c3C)C2=O)o1. The van der Waals surface area contributed by atoms with Crippen LogP contribution in [0.5, 0.6) is 11.5 Å². The molecule has 4 nitrogen and oxygen atoms in total. The maximum Gasteiger partial charge on any atom is 0.232 e. The largest absolute Gasteiger partial charge is 0.488 e. The maximum atomic E-state index is 12.6. The van der Waals surface area contributed by atoms with Gasteiger partial charge in [0.1, 0.15) is 29.6 Å². The summed E-state index contributed by atoms with van der Waals surface area (Å²) in [7, 11) is 0. The molecule has 0 saturated heterocycles. The lowest BCUT2D eigenvalue weighted by molar-refractivity contribution is 0.101. The quantitative estimate of drug-likeness (QED) is 0.617. The fourth-order valence-corrected chi connectivity index (χ4v) is 2.92. The first-order valence-corrected chi connectivity index (χ1v) is 8.43. The molecule has 1 aliphatic heterocycles. The third-order valence-corrected chi connectivity index (χ3v) is 4.31. The van der Waals surface area contributed by atoms with E-state index in [1.165, 1.54) is 0 Å². The van der Waals surface area contributed by atoms with Gasteiger partial charge in [0, 0.05) is 11.6 Å². The minimum Gasteiger partial charge on any atom is -0.488 e. The molecule has 0 radical (unpaired) electrons. The summed E-state index contributed by atoms with van der Waals surface area (Å²) in [6.45, 7) is 4.21. The monoisotopic (exact) mass is 346 g/mol. The summed E-state index contributed by atoms with van der Waals surface area (Å²) in [6.07, 6.45) is 1.62. The average Bonchev–Trinajstić information content (AvgIpc) is 3.20. The van der Waals surface area contributed by atoms with E-state index in [9.17, 15) is 4.79 Å². The summed E-state index contributed by atoms with van der Waals surface area (Å²) in [5.41, 5.74) is 2.44. The van der Waals surface area contributed by atoms with E-state index in [4.69, 9.17) is 13.9 Å². The number of benzene rings is 2. The Hall–Kier alpha value is -3.27. The molecule has 0 N–H and O–H groups in total. The standard InChI is InChI=1S/C22H18O4/c1-14-8-9-17(25-14)12-20-21(23)18-10-11-19(15(2)22(18)26-20)24-13-16-6-4-3-5-7-16/h3-12H,13H2,1-2H3/b20-12-. The van der Waals surface area contributed by atoms with Crippen LogP contribution < -0.4 is 9.47 Å². The summed E-state index contributed by atoms with van der Waals surface area (Å²) < 4.78 is 17.2. The van der Waals surface area contributed by atoms with Crippen LogP contribution >= 0.6 is 0 Å². The lowest BCUT2D eigenvalue weighted by Gasteiger charge is -2.11. The summed E-state index contributed by atoms with van der Waals surface area (Å²) in [5, 5.41) is 0. The molecule has 0 fully saturated rings. The molecular weight excluding hydrogens is 328 g/mol. The van der Waals surface area contributed by atoms with E-state index in [1.807, 2.05) is 62.4 Å². The Kier molecular flexibility index (Phi) is 4.09. The number of furan rings is 1. The van der Waals surface area contributed by atoms with Gasteiger partial charge in [-0.15, -0.1) is 0 Å². The van der Waals surface area contributed by atoms with Gasteiger partial charge in [0.25, 0.3) is 0 Å². The highest BCUT2D eigenvalue weighted by atomic mass is 16.5. The number of carbonyl (C=O) groups is 1. The van der Waals surface area contributed by atoms with Crippen LogP contribution in [0.1, 0.15) is 33.0 Å². The number of rotatable bonds is 4. The molecule has 1 aliphatic rings. The third-order valence-electron chi connectivity index (χ3n) is 4.31. The smallest absolute Gasteiger partial charge is 0.232 e. The number of Topliss-reactive ketones (excluding diaryl/α,β-unsaturated/α-hetero) is 1. The second-order valence-electron chi connectivity index (χ2n) is 6.23. The molecule has 0 bridgehead atoms. The van der Waals surface area contributed by atoms with Crippen molar-refractivity contribution in [3.05, 3.63) is 88.6 Å². The van der Waals surface area contributed by atoms with Crippen LogP contribution in [-0.2, 0) is 6.61 Å². The Morgan fingerprint density at radius 1 is 1.00 bits per heavy atom. The molecule has 0 aliphatic carbocycles. The van der Waals surface area contributed by atoms with Crippen LogP contribution in [0, 0.1) is 13.8 Å². The molecule has 130 valence electrons. The van der Waals surface area contributed by atoms with E-state index in [0.717, 1.165) is 16.9 Å².